The van der Waals surface area contributed by atoms with Crippen LogP contribution in [-0.2, 0) is 13.0 Å². The molecular formula is C14H18N2OS. The van der Waals surface area contributed by atoms with Crippen molar-refractivity contribution in [3.05, 3.63) is 45.4 Å². The fraction of sp³-hybridized carbons (Fsp3) is 0.357. The van der Waals surface area contributed by atoms with Crippen LogP contribution < -0.4 is 10.5 Å². The average Bonchev–Trinajstić information content (AvgIpc) is 2.72. The zero-order chi connectivity index (χ0) is 13.0. The third-order valence-corrected chi connectivity index (χ3v) is 3.97. The lowest BCUT2D eigenvalue weighted by Gasteiger charge is -2.04. The molecule has 2 rings (SSSR count). The summed E-state index contributed by atoms with van der Waals surface area (Å²) in [5, 5.41) is 1.10. The van der Waals surface area contributed by atoms with E-state index in [1.165, 1.54) is 10.4 Å². The molecule has 2 aromatic rings. The monoisotopic (exact) mass is 262 g/mol. The van der Waals surface area contributed by atoms with E-state index in [1.54, 1.807) is 11.3 Å². The van der Waals surface area contributed by atoms with Gasteiger partial charge in [-0.05, 0) is 26.0 Å². The van der Waals surface area contributed by atoms with Crippen molar-refractivity contribution in [2.24, 2.45) is 5.73 Å². The van der Waals surface area contributed by atoms with E-state index < -0.39 is 0 Å². The number of nitrogens with two attached hydrogens (primary N) is 1. The predicted molar refractivity (Wildman–Crippen MR) is 75.1 cm³/mol. The summed E-state index contributed by atoms with van der Waals surface area (Å²) in [6.07, 6.45) is 0.833. The highest BCUT2D eigenvalue weighted by Gasteiger charge is 2.05. The number of benzene rings is 1. The summed E-state index contributed by atoms with van der Waals surface area (Å²) in [7, 11) is 0. The van der Waals surface area contributed by atoms with Gasteiger partial charge >= 0.3 is 0 Å². The number of hydrogen-bond donors (Lipinski definition) is 1. The summed E-state index contributed by atoms with van der Waals surface area (Å²) in [5.74, 6) is 0.910. The molecule has 2 N–H and O–H groups in total. The quantitative estimate of drug-likeness (QED) is 0.901. The maximum Gasteiger partial charge on any atom is 0.119 e. The van der Waals surface area contributed by atoms with Gasteiger partial charge in [0.05, 0.1) is 17.3 Å². The fourth-order valence-corrected chi connectivity index (χ4v) is 2.60. The molecule has 18 heavy (non-hydrogen) atoms. The Bertz CT molecular complexity index is 505. The molecular weight excluding hydrogens is 244 g/mol. The van der Waals surface area contributed by atoms with Gasteiger partial charge in [0.1, 0.15) is 5.75 Å². The van der Waals surface area contributed by atoms with Gasteiger partial charge in [-0.25, -0.2) is 4.98 Å². The van der Waals surface area contributed by atoms with E-state index >= 15 is 0 Å². The van der Waals surface area contributed by atoms with Gasteiger partial charge in [-0.15, -0.1) is 11.3 Å². The molecule has 3 nitrogen and oxygen atoms in total. The molecule has 0 saturated heterocycles. The Morgan fingerprint density at radius 1 is 1.22 bits per heavy atom. The van der Waals surface area contributed by atoms with Crippen LogP contribution in [0.15, 0.2) is 24.3 Å². The van der Waals surface area contributed by atoms with Crippen molar-refractivity contribution in [3.63, 3.8) is 0 Å². The van der Waals surface area contributed by atoms with Gasteiger partial charge in [-0.2, -0.15) is 0 Å². The minimum Gasteiger partial charge on any atom is -0.493 e. The Morgan fingerprint density at radius 2 is 1.94 bits per heavy atom. The van der Waals surface area contributed by atoms with Crippen LogP contribution in [0.1, 0.15) is 21.1 Å². The van der Waals surface area contributed by atoms with Gasteiger partial charge in [-0.3, -0.25) is 0 Å². The van der Waals surface area contributed by atoms with Crippen LogP contribution in [0.3, 0.4) is 0 Å². The molecule has 1 aromatic heterocycles. The molecule has 0 aliphatic heterocycles. The normalized spacial score (nSPS) is 10.6. The summed E-state index contributed by atoms with van der Waals surface area (Å²) in [6, 6.07) is 8.09. The number of thiazole rings is 1. The Kier molecular flexibility index (Phi) is 4.33. The number of nitrogens with zero attached hydrogens (tertiary/aromatic N) is 1. The number of ether oxygens (including phenoxy) is 1. The Labute approximate surface area is 112 Å². The molecule has 0 unspecified atom stereocenters. The van der Waals surface area contributed by atoms with Gasteiger partial charge < -0.3 is 10.5 Å². The van der Waals surface area contributed by atoms with Crippen LogP contribution in [0.25, 0.3) is 0 Å². The zero-order valence-electron chi connectivity index (χ0n) is 10.8. The van der Waals surface area contributed by atoms with E-state index in [4.69, 9.17) is 10.5 Å². The highest BCUT2D eigenvalue weighted by atomic mass is 32.1. The molecule has 0 bridgehead atoms. The molecule has 1 aromatic carbocycles. The van der Waals surface area contributed by atoms with Gasteiger partial charge in [0.2, 0.25) is 0 Å². The Balaban J connectivity index is 1.86. The van der Waals surface area contributed by atoms with E-state index in [0.29, 0.717) is 13.2 Å². The van der Waals surface area contributed by atoms with E-state index in [2.05, 4.69) is 24.0 Å². The molecule has 0 spiro atoms. The molecule has 0 atom stereocenters. The molecule has 1 heterocycles. The average molecular weight is 262 g/mol. The highest BCUT2D eigenvalue weighted by molar-refractivity contribution is 7.11. The van der Waals surface area contributed by atoms with Crippen LogP contribution in [0.4, 0.5) is 0 Å². The van der Waals surface area contributed by atoms with Gasteiger partial charge in [0.15, 0.2) is 0 Å². The topological polar surface area (TPSA) is 48.1 Å². The molecule has 0 amide bonds. The minimum atomic E-state index is 0.572. The fourth-order valence-electron chi connectivity index (χ4n) is 1.68. The van der Waals surface area contributed by atoms with Crippen LogP contribution in [0.2, 0.25) is 0 Å². The number of aromatic nitrogens is 1. The molecule has 0 aliphatic rings. The number of hydrogen-bond acceptors (Lipinski definition) is 4. The van der Waals surface area contributed by atoms with Crippen LogP contribution >= 0.6 is 11.3 Å². The minimum absolute atomic E-state index is 0.572. The van der Waals surface area contributed by atoms with Crippen molar-refractivity contribution in [2.45, 2.75) is 26.8 Å². The van der Waals surface area contributed by atoms with Crippen molar-refractivity contribution in [1.29, 1.82) is 0 Å². The molecule has 4 heteroatoms. The van der Waals surface area contributed by atoms with E-state index in [9.17, 15) is 0 Å². The maximum absolute atomic E-state index is 5.68. The van der Waals surface area contributed by atoms with Gasteiger partial charge in [0.25, 0.3) is 0 Å². The summed E-state index contributed by atoms with van der Waals surface area (Å²) < 4.78 is 5.68. The first-order chi connectivity index (χ1) is 8.69. The molecule has 0 radical (unpaired) electrons. The van der Waals surface area contributed by atoms with E-state index in [0.717, 1.165) is 22.9 Å². The van der Waals surface area contributed by atoms with Gasteiger partial charge in [-0.1, -0.05) is 17.7 Å². The summed E-state index contributed by atoms with van der Waals surface area (Å²) in [4.78, 5) is 5.65. The largest absolute Gasteiger partial charge is 0.493 e. The second-order valence-electron chi connectivity index (χ2n) is 4.23. The smallest absolute Gasteiger partial charge is 0.119 e. The molecule has 0 saturated carbocycles. The first-order valence-corrected chi connectivity index (χ1v) is 6.85. The number of rotatable bonds is 5. The molecule has 0 aliphatic carbocycles. The summed E-state index contributed by atoms with van der Waals surface area (Å²) >= 11 is 1.68. The lowest BCUT2D eigenvalue weighted by atomic mass is 10.2. The Morgan fingerprint density at radius 3 is 2.56 bits per heavy atom. The van der Waals surface area contributed by atoms with Crippen LogP contribution in [0, 0.1) is 13.8 Å². The molecule has 96 valence electrons. The van der Waals surface area contributed by atoms with Crippen molar-refractivity contribution in [1.82, 2.24) is 4.98 Å². The lowest BCUT2D eigenvalue weighted by Crippen LogP contribution is -2.00. The predicted octanol–water partition coefficient (Wildman–Crippen LogP) is 2.84. The number of aryl methyl sites for hydroxylation is 2. The first-order valence-electron chi connectivity index (χ1n) is 6.03. The second kappa shape index (κ2) is 5.98. The third kappa shape index (κ3) is 3.31. The van der Waals surface area contributed by atoms with Crippen LogP contribution in [0.5, 0.6) is 5.75 Å². The summed E-state index contributed by atoms with van der Waals surface area (Å²) in [6.45, 7) is 5.29. The second-order valence-corrected chi connectivity index (χ2v) is 5.40. The summed E-state index contributed by atoms with van der Waals surface area (Å²) in [5.41, 5.74) is 7.93. The first kappa shape index (κ1) is 13.1. The van der Waals surface area contributed by atoms with Gasteiger partial charge in [0, 0.05) is 17.8 Å². The highest BCUT2D eigenvalue weighted by Crippen LogP contribution is 2.18. The van der Waals surface area contributed by atoms with Crippen molar-refractivity contribution < 1.29 is 4.74 Å². The lowest BCUT2D eigenvalue weighted by molar-refractivity contribution is 0.321. The standard InChI is InChI=1S/C14H18N2OS/c1-10-3-5-12(6-4-10)17-8-7-14-16-11(2)13(9-15)18-14/h3-6H,7-9,15H2,1-2H3. The molecule has 0 fully saturated rings. The van der Waals surface area contributed by atoms with Crippen LogP contribution in [-0.4, -0.2) is 11.6 Å². The SMILES string of the molecule is Cc1ccc(OCCc2nc(C)c(CN)s2)cc1. The van der Waals surface area contributed by atoms with E-state index in [-0.39, 0.29) is 0 Å². The van der Waals surface area contributed by atoms with Crippen molar-refractivity contribution in [2.75, 3.05) is 6.61 Å². The zero-order valence-corrected chi connectivity index (χ0v) is 11.6. The Hall–Kier alpha value is -1.39. The van der Waals surface area contributed by atoms with E-state index in [1.807, 2.05) is 19.1 Å². The third-order valence-electron chi connectivity index (χ3n) is 2.73. The van der Waals surface area contributed by atoms with Crippen molar-refractivity contribution >= 4 is 11.3 Å². The maximum atomic E-state index is 5.68. The van der Waals surface area contributed by atoms with Crippen molar-refractivity contribution in [3.8, 4) is 5.75 Å².